The van der Waals surface area contributed by atoms with Crippen molar-refractivity contribution < 1.29 is 32.2 Å². The van der Waals surface area contributed by atoms with Gasteiger partial charge in [0, 0.05) is 0 Å². The molecule has 0 aromatic heterocycles. The van der Waals surface area contributed by atoms with Gasteiger partial charge in [0.15, 0.2) is 6.17 Å². The van der Waals surface area contributed by atoms with Gasteiger partial charge in [-0.2, -0.15) is 0 Å². The monoisotopic (exact) mass is 340 g/mol. The van der Waals surface area contributed by atoms with E-state index in [1.54, 1.807) is 0 Å². The van der Waals surface area contributed by atoms with E-state index in [9.17, 15) is 22.8 Å². The van der Waals surface area contributed by atoms with Crippen molar-refractivity contribution in [3.63, 3.8) is 0 Å². The van der Waals surface area contributed by atoms with Gasteiger partial charge in [0.1, 0.15) is 5.92 Å². The lowest BCUT2D eigenvalue weighted by Crippen LogP contribution is -2.34. The second-order valence-electron chi connectivity index (χ2n) is 5.39. The van der Waals surface area contributed by atoms with Crippen LogP contribution in [0.2, 0.25) is 0 Å². The SMILES string of the molecule is CCCCCOC(=O)CC(C(=O)OCCCCC)C(F)C(F)F. The third kappa shape index (κ3) is 10.2. The molecule has 136 valence electrons. The average Bonchev–Trinajstić information content (AvgIpc) is 2.52. The first-order valence-corrected chi connectivity index (χ1v) is 8.18. The Bertz CT molecular complexity index is 337. The Morgan fingerprint density at radius 2 is 1.39 bits per heavy atom. The summed E-state index contributed by atoms with van der Waals surface area (Å²) in [6, 6.07) is 0. The summed E-state index contributed by atoms with van der Waals surface area (Å²) in [6.07, 6.45) is -2.11. The Hall–Kier alpha value is -1.27. The fraction of sp³-hybridized carbons (Fsp3) is 0.875. The molecule has 2 unspecified atom stereocenters. The molecule has 2 atom stereocenters. The molecule has 0 saturated carbocycles. The maximum absolute atomic E-state index is 13.6. The van der Waals surface area contributed by atoms with E-state index in [-0.39, 0.29) is 13.2 Å². The van der Waals surface area contributed by atoms with E-state index in [4.69, 9.17) is 9.47 Å². The second kappa shape index (κ2) is 13.2. The van der Waals surface area contributed by atoms with Crippen LogP contribution in [0.25, 0.3) is 0 Å². The highest BCUT2D eigenvalue weighted by Crippen LogP contribution is 2.22. The molecule has 0 aliphatic heterocycles. The summed E-state index contributed by atoms with van der Waals surface area (Å²) >= 11 is 0. The van der Waals surface area contributed by atoms with Crippen LogP contribution in [0.3, 0.4) is 0 Å². The van der Waals surface area contributed by atoms with Crippen molar-refractivity contribution in [2.75, 3.05) is 13.2 Å². The van der Waals surface area contributed by atoms with E-state index >= 15 is 0 Å². The van der Waals surface area contributed by atoms with Gasteiger partial charge in [-0.3, -0.25) is 9.59 Å². The topological polar surface area (TPSA) is 52.6 Å². The number of hydrogen-bond acceptors (Lipinski definition) is 4. The number of unbranched alkanes of at least 4 members (excludes halogenated alkanes) is 4. The first kappa shape index (κ1) is 21.7. The minimum Gasteiger partial charge on any atom is -0.466 e. The third-order valence-electron chi connectivity index (χ3n) is 3.32. The molecule has 0 aromatic carbocycles. The number of esters is 2. The zero-order valence-corrected chi connectivity index (χ0v) is 13.9. The van der Waals surface area contributed by atoms with Crippen LogP contribution in [0.4, 0.5) is 13.2 Å². The molecule has 0 amide bonds. The summed E-state index contributed by atoms with van der Waals surface area (Å²) in [7, 11) is 0. The van der Waals surface area contributed by atoms with Crippen molar-refractivity contribution in [1.29, 1.82) is 0 Å². The molecule has 0 heterocycles. The number of ether oxygens (including phenoxy) is 2. The van der Waals surface area contributed by atoms with E-state index < -0.39 is 36.9 Å². The zero-order valence-electron chi connectivity index (χ0n) is 13.9. The number of rotatable bonds is 13. The number of carbonyl (C=O) groups is 2. The van der Waals surface area contributed by atoms with E-state index in [2.05, 4.69) is 0 Å². The van der Waals surface area contributed by atoms with Gasteiger partial charge in [0.2, 0.25) is 0 Å². The van der Waals surface area contributed by atoms with Gasteiger partial charge in [-0.05, 0) is 12.8 Å². The predicted molar refractivity (Wildman–Crippen MR) is 80.0 cm³/mol. The molecule has 23 heavy (non-hydrogen) atoms. The largest absolute Gasteiger partial charge is 0.466 e. The highest BCUT2D eigenvalue weighted by atomic mass is 19.3. The quantitative estimate of drug-likeness (QED) is 0.375. The van der Waals surface area contributed by atoms with Crippen molar-refractivity contribution >= 4 is 11.9 Å². The molecule has 0 aromatic rings. The highest BCUT2D eigenvalue weighted by molar-refractivity contribution is 5.80. The fourth-order valence-corrected chi connectivity index (χ4v) is 1.91. The molecule has 0 saturated heterocycles. The zero-order chi connectivity index (χ0) is 17.7. The van der Waals surface area contributed by atoms with Crippen LogP contribution in [0.5, 0.6) is 0 Å². The van der Waals surface area contributed by atoms with E-state index in [1.165, 1.54) is 0 Å². The average molecular weight is 340 g/mol. The molecular formula is C16H27F3O4. The van der Waals surface area contributed by atoms with Crippen molar-refractivity contribution in [2.24, 2.45) is 5.92 Å². The molecule has 0 spiro atoms. The first-order chi connectivity index (χ1) is 10.9. The van der Waals surface area contributed by atoms with Crippen molar-refractivity contribution in [3.8, 4) is 0 Å². The summed E-state index contributed by atoms with van der Waals surface area (Å²) in [5.74, 6) is -3.80. The summed E-state index contributed by atoms with van der Waals surface area (Å²) < 4.78 is 48.3. The van der Waals surface area contributed by atoms with E-state index in [0.717, 1.165) is 25.7 Å². The minimum atomic E-state index is -3.35. The Labute approximate surface area is 135 Å². The van der Waals surface area contributed by atoms with Gasteiger partial charge in [-0.1, -0.05) is 39.5 Å². The molecular weight excluding hydrogens is 313 g/mol. The van der Waals surface area contributed by atoms with Crippen molar-refractivity contribution in [2.45, 2.75) is 71.4 Å². The molecule has 0 fully saturated rings. The van der Waals surface area contributed by atoms with Crippen LogP contribution in [0.1, 0.15) is 58.8 Å². The van der Waals surface area contributed by atoms with Gasteiger partial charge in [-0.15, -0.1) is 0 Å². The Morgan fingerprint density at radius 3 is 1.87 bits per heavy atom. The molecule has 0 bridgehead atoms. The van der Waals surface area contributed by atoms with Crippen molar-refractivity contribution in [3.05, 3.63) is 0 Å². The van der Waals surface area contributed by atoms with Crippen molar-refractivity contribution in [1.82, 2.24) is 0 Å². The lowest BCUT2D eigenvalue weighted by atomic mass is 10.00. The lowest BCUT2D eigenvalue weighted by molar-refractivity contribution is -0.160. The Balaban J connectivity index is 4.44. The van der Waals surface area contributed by atoms with Gasteiger partial charge >= 0.3 is 11.9 Å². The van der Waals surface area contributed by atoms with Crippen LogP contribution >= 0.6 is 0 Å². The summed E-state index contributed by atoms with van der Waals surface area (Å²) in [6.45, 7) is 4.09. The smallest absolute Gasteiger partial charge is 0.312 e. The number of carbonyl (C=O) groups excluding carboxylic acids is 2. The van der Waals surface area contributed by atoms with Gasteiger partial charge < -0.3 is 9.47 Å². The normalized spacial score (nSPS) is 13.7. The van der Waals surface area contributed by atoms with Gasteiger partial charge in [0.05, 0.1) is 19.6 Å². The maximum Gasteiger partial charge on any atom is 0.312 e. The van der Waals surface area contributed by atoms with Gasteiger partial charge in [-0.25, -0.2) is 13.2 Å². The van der Waals surface area contributed by atoms with E-state index in [0.29, 0.717) is 12.8 Å². The highest BCUT2D eigenvalue weighted by Gasteiger charge is 2.38. The number of hydrogen-bond donors (Lipinski definition) is 0. The fourth-order valence-electron chi connectivity index (χ4n) is 1.91. The van der Waals surface area contributed by atoms with Gasteiger partial charge in [0.25, 0.3) is 6.43 Å². The molecule has 0 rings (SSSR count). The third-order valence-corrected chi connectivity index (χ3v) is 3.32. The number of alkyl halides is 3. The summed E-state index contributed by atoms with van der Waals surface area (Å²) in [5.41, 5.74) is 0. The predicted octanol–water partition coefficient (Wildman–Crippen LogP) is 4.06. The molecule has 0 radical (unpaired) electrons. The van der Waals surface area contributed by atoms with E-state index in [1.807, 2.05) is 13.8 Å². The Morgan fingerprint density at radius 1 is 0.870 bits per heavy atom. The Kier molecular flexibility index (Phi) is 12.5. The first-order valence-electron chi connectivity index (χ1n) is 8.18. The molecule has 0 aliphatic rings. The number of halogens is 3. The maximum atomic E-state index is 13.6. The van der Waals surface area contributed by atoms with Crippen LogP contribution in [0, 0.1) is 5.92 Å². The standard InChI is InChI=1S/C16H27F3O4/c1-3-5-7-9-22-13(20)11-12(14(17)15(18)19)16(21)23-10-8-6-4-2/h12,14-15H,3-11H2,1-2H3. The van der Waals surface area contributed by atoms with Crippen LogP contribution in [-0.4, -0.2) is 37.7 Å². The molecule has 7 heteroatoms. The van der Waals surface area contributed by atoms with Crippen LogP contribution < -0.4 is 0 Å². The molecule has 0 aliphatic carbocycles. The molecule has 4 nitrogen and oxygen atoms in total. The lowest BCUT2D eigenvalue weighted by Gasteiger charge is -2.18. The molecule has 0 N–H and O–H groups in total. The summed E-state index contributed by atoms with van der Waals surface area (Å²) in [5, 5.41) is 0. The van der Waals surface area contributed by atoms with Crippen LogP contribution in [0.15, 0.2) is 0 Å². The van der Waals surface area contributed by atoms with Crippen LogP contribution in [-0.2, 0) is 19.1 Å². The second-order valence-corrected chi connectivity index (χ2v) is 5.39. The summed E-state index contributed by atoms with van der Waals surface area (Å²) in [4.78, 5) is 23.3. The minimum absolute atomic E-state index is 0.0324.